The number of carbonyl (C=O) groups excluding carboxylic acids is 2. The molecular weight excluding hydrogens is 436 g/mol. The van der Waals surface area contributed by atoms with Crippen molar-refractivity contribution in [3.63, 3.8) is 0 Å². The van der Waals surface area contributed by atoms with Crippen LogP contribution in [0.1, 0.15) is 36.7 Å². The normalized spacial score (nSPS) is 11.0. The fraction of sp³-hybridized carbons (Fsp3) is 0.333. The summed E-state index contributed by atoms with van der Waals surface area (Å²) in [5.41, 5.74) is 0.612. The molecule has 0 aliphatic rings. The van der Waals surface area contributed by atoms with Gasteiger partial charge in [-0.3, -0.25) is 24.3 Å². The topological polar surface area (TPSA) is 133 Å². The Morgan fingerprint density at radius 2 is 2.09 bits per heavy atom. The molecule has 1 aromatic carbocycles. The number of amides is 1. The van der Waals surface area contributed by atoms with Crippen LogP contribution < -0.4 is 10.9 Å². The monoisotopic (exact) mass is 458 g/mol. The molecule has 32 heavy (non-hydrogen) atoms. The van der Waals surface area contributed by atoms with Crippen LogP contribution >= 0.6 is 11.3 Å². The summed E-state index contributed by atoms with van der Waals surface area (Å²) in [7, 11) is 0. The van der Waals surface area contributed by atoms with E-state index in [2.05, 4.69) is 10.3 Å². The third-order valence-electron chi connectivity index (χ3n) is 4.56. The Kier molecular flexibility index (Phi) is 6.98. The first-order valence-corrected chi connectivity index (χ1v) is 10.8. The highest BCUT2D eigenvalue weighted by molar-refractivity contribution is 7.15. The Labute approximate surface area is 187 Å². The maximum atomic E-state index is 12.7. The van der Waals surface area contributed by atoms with Gasteiger partial charge in [0.1, 0.15) is 11.5 Å². The van der Waals surface area contributed by atoms with E-state index in [1.54, 1.807) is 6.92 Å². The molecule has 1 amide bonds. The first kappa shape index (κ1) is 23.1. The maximum absolute atomic E-state index is 12.7. The van der Waals surface area contributed by atoms with E-state index in [-0.39, 0.29) is 29.7 Å². The number of nitro groups is 1. The molecule has 0 aliphatic heterocycles. The second kappa shape index (κ2) is 9.69. The van der Waals surface area contributed by atoms with Gasteiger partial charge in [-0.25, -0.2) is 9.78 Å². The number of hydrogen-bond donors (Lipinski definition) is 1. The fourth-order valence-corrected chi connectivity index (χ4v) is 4.18. The van der Waals surface area contributed by atoms with Gasteiger partial charge in [0.15, 0.2) is 0 Å². The molecule has 2 aromatic heterocycles. The number of nitro benzene ring substituents is 1. The first-order valence-electron chi connectivity index (χ1n) is 9.92. The van der Waals surface area contributed by atoms with Crippen molar-refractivity contribution in [2.75, 3.05) is 11.9 Å². The lowest BCUT2D eigenvalue weighted by molar-refractivity contribution is -0.384. The zero-order valence-corrected chi connectivity index (χ0v) is 18.6. The molecule has 0 bridgehead atoms. The minimum Gasteiger partial charge on any atom is -0.462 e. The molecule has 0 fully saturated rings. The van der Waals surface area contributed by atoms with Gasteiger partial charge in [-0.05, 0) is 36.3 Å². The largest absolute Gasteiger partial charge is 0.462 e. The molecule has 0 unspecified atom stereocenters. The van der Waals surface area contributed by atoms with E-state index in [1.165, 1.54) is 35.9 Å². The van der Waals surface area contributed by atoms with E-state index >= 15 is 0 Å². The second-order valence-corrected chi connectivity index (χ2v) is 8.35. The Morgan fingerprint density at radius 3 is 2.75 bits per heavy atom. The molecule has 10 nitrogen and oxygen atoms in total. The smallest absolute Gasteiger partial charge is 0.341 e. The zero-order valence-electron chi connectivity index (χ0n) is 17.8. The number of anilines is 1. The van der Waals surface area contributed by atoms with Crippen LogP contribution in [-0.4, -0.2) is 33.0 Å². The molecule has 0 saturated heterocycles. The van der Waals surface area contributed by atoms with E-state index in [1.807, 2.05) is 19.2 Å². The van der Waals surface area contributed by atoms with Gasteiger partial charge in [0, 0.05) is 12.1 Å². The Balaban J connectivity index is 1.85. The predicted octanol–water partition coefficient (Wildman–Crippen LogP) is 3.38. The molecule has 168 valence electrons. The van der Waals surface area contributed by atoms with Crippen LogP contribution in [0.4, 0.5) is 10.7 Å². The number of benzene rings is 1. The third kappa shape index (κ3) is 4.99. The highest BCUT2D eigenvalue weighted by Crippen LogP contribution is 2.31. The van der Waals surface area contributed by atoms with Crippen molar-refractivity contribution in [2.24, 2.45) is 5.92 Å². The SMILES string of the molecule is CCOC(=O)c1c(CC(C)C)csc1NC(=O)Cn1cnc2cc([N+](=O)[O-])ccc2c1=O. The number of nitrogens with one attached hydrogen (secondary N) is 1. The lowest BCUT2D eigenvalue weighted by Crippen LogP contribution is -2.28. The Bertz CT molecular complexity index is 1250. The summed E-state index contributed by atoms with van der Waals surface area (Å²) in [5.74, 6) is -0.719. The summed E-state index contributed by atoms with van der Waals surface area (Å²) in [6.45, 7) is 5.63. The van der Waals surface area contributed by atoms with E-state index in [0.717, 1.165) is 10.1 Å². The highest BCUT2D eigenvalue weighted by atomic mass is 32.1. The standard InChI is InChI=1S/C21H22N4O6S/c1-4-31-21(28)18-13(7-12(2)3)10-32-19(18)23-17(26)9-24-11-22-16-8-14(25(29)30)5-6-15(16)20(24)27/h5-6,8,10-12H,4,7,9H2,1-3H3,(H,23,26). The van der Waals surface area contributed by atoms with Gasteiger partial charge in [0.2, 0.25) is 5.91 Å². The van der Waals surface area contributed by atoms with Crippen molar-refractivity contribution in [3.8, 4) is 0 Å². The molecule has 2 heterocycles. The number of thiophene rings is 1. The van der Waals surface area contributed by atoms with E-state index in [9.17, 15) is 24.5 Å². The number of aromatic nitrogens is 2. The number of hydrogen-bond acceptors (Lipinski definition) is 8. The highest BCUT2D eigenvalue weighted by Gasteiger charge is 2.22. The summed E-state index contributed by atoms with van der Waals surface area (Å²) >= 11 is 1.22. The summed E-state index contributed by atoms with van der Waals surface area (Å²) in [6.07, 6.45) is 1.82. The average molecular weight is 458 g/mol. The molecule has 0 radical (unpaired) electrons. The molecule has 0 aliphatic carbocycles. The van der Waals surface area contributed by atoms with Crippen molar-refractivity contribution in [3.05, 3.63) is 61.5 Å². The summed E-state index contributed by atoms with van der Waals surface area (Å²) in [5, 5.41) is 15.9. The maximum Gasteiger partial charge on any atom is 0.341 e. The number of carbonyl (C=O) groups is 2. The van der Waals surface area contributed by atoms with Crippen molar-refractivity contribution >= 4 is 44.8 Å². The van der Waals surface area contributed by atoms with Crippen LogP contribution in [0, 0.1) is 16.0 Å². The van der Waals surface area contributed by atoms with Crippen LogP contribution in [0.5, 0.6) is 0 Å². The second-order valence-electron chi connectivity index (χ2n) is 7.47. The average Bonchev–Trinajstić information content (AvgIpc) is 3.11. The van der Waals surface area contributed by atoms with Gasteiger partial charge >= 0.3 is 5.97 Å². The van der Waals surface area contributed by atoms with Crippen LogP contribution in [0.15, 0.2) is 34.7 Å². The lowest BCUT2D eigenvalue weighted by Gasteiger charge is -2.10. The first-order chi connectivity index (χ1) is 15.2. The quantitative estimate of drug-likeness (QED) is 0.311. The lowest BCUT2D eigenvalue weighted by atomic mass is 10.0. The summed E-state index contributed by atoms with van der Waals surface area (Å²) in [4.78, 5) is 52.2. The number of non-ortho nitro benzene ring substituents is 1. The van der Waals surface area contributed by atoms with Crippen molar-refractivity contribution in [2.45, 2.75) is 33.7 Å². The summed E-state index contributed by atoms with van der Waals surface area (Å²) < 4.78 is 6.25. The number of esters is 1. The van der Waals surface area contributed by atoms with Gasteiger partial charge in [0.25, 0.3) is 11.2 Å². The number of rotatable bonds is 8. The van der Waals surface area contributed by atoms with Gasteiger partial charge in [0.05, 0.1) is 34.3 Å². The minimum atomic E-state index is -0.574. The number of fused-ring (bicyclic) bond motifs is 1. The molecule has 11 heteroatoms. The summed E-state index contributed by atoms with van der Waals surface area (Å²) in [6, 6.07) is 3.73. The van der Waals surface area contributed by atoms with Gasteiger partial charge in [-0.1, -0.05) is 13.8 Å². The predicted molar refractivity (Wildman–Crippen MR) is 120 cm³/mol. The van der Waals surface area contributed by atoms with Crippen LogP contribution in [0.3, 0.4) is 0 Å². The van der Waals surface area contributed by atoms with E-state index in [0.29, 0.717) is 22.9 Å². The molecule has 0 saturated carbocycles. The molecule has 0 spiro atoms. The molecule has 1 N–H and O–H groups in total. The third-order valence-corrected chi connectivity index (χ3v) is 5.51. The molecular formula is C21H22N4O6S. The molecule has 0 atom stereocenters. The zero-order chi connectivity index (χ0) is 23.4. The number of nitrogens with zero attached hydrogens (tertiary/aromatic N) is 3. The van der Waals surface area contributed by atoms with Crippen molar-refractivity contribution < 1.29 is 19.2 Å². The fourth-order valence-electron chi connectivity index (χ4n) is 3.20. The molecule has 3 aromatic rings. The van der Waals surface area contributed by atoms with Crippen LogP contribution in [-0.2, 0) is 22.5 Å². The van der Waals surface area contributed by atoms with Gasteiger partial charge in [-0.15, -0.1) is 11.3 Å². The van der Waals surface area contributed by atoms with Crippen LogP contribution in [0.25, 0.3) is 10.9 Å². The van der Waals surface area contributed by atoms with E-state index < -0.39 is 22.4 Å². The van der Waals surface area contributed by atoms with E-state index in [4.69, 9.17) is 4.74 Å². The van der Waals surface area contributed by atoms with Gasteiger partial charge in [-0.2, -0.15) is 0 Å². The van der Waals surface area contributed by atoms with Gasteiger partial charge < -0.3 is 10.1 Å². The number of ether oxygens (including phenoxy) is 1. The van der Waals surface area contributed by atoms with Crippen molar-refractivity contribution in [1.82, 2.24) is 9.55 Å². The Morgan fingerprint density at radius 1 is 1.34 bits per heavy atom. The van der Waals surface area contributed by atoms with Crippen molar-refractivity contribution in [1.29, 1.82) is 0 Å². The minimum absolute atomic E-state index is 0.161. The van der Waals surface area contributed by atoms with Crippen LogP contribution in [0.2, 0.25) is 0 Å². The molecule has 3 rings (SSSR count). The Hall–Kier alpha value is -3.60.